The van der Waals surface area contributed by atoms with E-state index < -0.39 is 126 Å². The quantitative estimate of drug-likeness (QED) is 0.0703. The molecule has 2 N–H and O–H groups in total. The van der Waals surface area contributed by atoms with E-state index in [4.69, 9.17) is 49.6 Å². The highest BCUT2D eigenvalue weighted by Gasteiger charge is 2.64. The fourth-order valence-electron chi connectivity index (χ4n) is 9.80. The number of imide groups is 1. The van der Waals surface area contributed by atoms with E-state index in [2.05, 4.69) is 5.32 Å². The number of carbonyl (C=O) groups excluding carboxylic acids is 9. The molecule has 24 nitrogen and oxygen atoms in total. The van der Waals surface area contributed by atoms with Crippen LogP contribution in [0.1, 0.15) is 91.0 Å². The number of epoxide rings is 1. The van der Waals surface area contributed by atoms with Crippen molar-refractivity contribution in [3.63, 3.8) is 0 Å². The summed E-state index contributed by atoms with van der Waals surface area (Å²) in [5, 5.41) is 14.6. The lowest BCUT2D eigenvalue weighted by molar-refractivity contribution is -0.202. The zero-order valence-corrected chi connectivity index (χ0v) is 49.0. The largest absolute Gasteiger partial charge is 0.495 e. The third kappa shape index (κ3) is 16.3. The van der Waals surface area contributed by atoms with Crippen molar-refractivity contribution < 1.29 is 86.3 Å². The lowest BCUT2D eigenvalue weighted by Crippen LogP contribution is -2.63. The summed E-state index contributed by atoms with van der Waals surface area (Å²) in [5.41, 5.74) is -1.26. The number of carbonyl (C=O) groups is 9. The second-order valence-electron chi connectivity index (χ2n) is 21.1. The van der Waals surface area contributed by atoms with Gasteiger partial charge < -0.3 is 62.7 Å². The molecule has 10 atom stereocenters. The molecule has 3 saturated heterocycles. The molecular weight excluding hydrogens is 1100 g/mol. The number of alkyl carbamates (subject to hydrolysis) is 1. The highest BCUT2D eigenvalue weighted by atomic mass is 35.5. The molecule has 446 valence electrons. The second-order valence-corrected chi connectivity index (χ2v) is 22.5. The van der Waals surface area contributed by atoms with E-state index in [1.807, 2.05) is 19.1 Å². The Bertz CT molecular complexity index is 2620. The molecule has 4 heterocycles. The predicted octanol–water partition coefficient (Wildman–Crippen LogP) is 5.25. The number of nitrogens with one attached hydrogen (secondary N) is 1. The molecule has 3 fully saturated rings. The fraction of sp³-hybridized carbons (Fsp3) is 0.618. The molecule has 5 aliphatic rings. The normalized spacial score (nSPS) is 28.7. The van der Waals surface area contributed by atoms with Gasteiger partial charge in [0.1, 0.15) is 53.4 Å². The van der Waals surface area contributed by atoms with Gasteiger partial charge in [0.05, 0.1) is 31.4 Å². The van der Waals surface area contributed by atoms with Crippen molar-refractivity contribution in [3.05, 3.63) is 58.7 Å². The van der Waals surface area contributed by atoms with Crippen molar-refractivity contribution >= 4 is 82.0 Å². The Morgan fingerprint density at radius 2 is 1.69 bits per heavy atom. The highest BCUT2D eigenvalue weighted by molar-refractivity contribution is 8.13. The van der Waals surface area contributed by atoms with Gasteiger partial charge in [0.25, 0.3) is 17.1 Å². The molecule has 4 aliphatic heterocycles. The van der Waals surface area contributed by atoms with Crippen molar-refractivity contribution in [1.29, 1.82) is 0 Å². The standard InChI is InChI=1S/C55H75ClN6O18S/c1-32-16-15-19-41(74-10)55(72)30-40(76-51(69)57-55)33(2)49-54(4,79-49)42(29-46(66)61(8)36-27-35(26-32)28-39(73-9)48(36)56)78-50(68)34(3)60(7)43(63)22-25-81-53(71)59(6)24-23-58(5)52(70)77-38-18-14-12-11-13-17-37(38)75-31-47(67)80-62-44(64)20-21-45(62)65/h14-16,18-19,27-28,33-34,37-38,40-42,49,72H,11-13,17,20-26,29-31H2,1-10H3,(H,57,69)/b18-14+,19-15+,32-16+/t33-,34+,37?,38?,40+,41-,42+,49+,54+,55+/m1/s1. The van der Waals surface area contributed by atoms with Crippen LogP contribution in [0.4, 0.5) is 20.1 Å². The number of thioether (sulfide) groups is 1. The van der Waals surface area contributed by atoms with E-state index in [1.54, 1.807) is 44.2 Å². The van der Waals surface area contributed by atoms with E-state index in [9.17, 15) is 48.3 Å². The van der Waals surface area contributed by atoms with Gasteiger partial charge in [0, 0.05) is 85.7 Å². The molecule has 2 unspecified atom stereocenters. The summed E-state index contributed by atoms with van der Waals surface area (Å²) < 4.78 is 41.0. The summed E-state index contributed by atoms with van der Waals surface area (Å²) >= 11 is 7.69. The molecule has 7 amide bonds. The number of halogens is 1. The van der Waals surface area contributed by atoms with Gasteiger partial charge in [-0.1, -0.05) is 66.6 Å². The van der Waals surface area contributed by atoms with Crippen LogP contribution in [-0.4, -0.2) is 200 Å². The number of aliphatic hydroxyl groups is 1. The Labute approximate surface area is 480 Å². The fourth-order valence-corrected chi connectivity index (χ4v) is 10.9. The summed E-state index contributed by atoms with van der Waals surface area (Å²) in [5.74, 6) is -4.32. The van der Waals surface area contributed by atoms with E-state index in [0.29, 0.717) is 35.8 Å². The van der Waals surface area contributed by atoms with Gasteiger partial charge in [0.15, 0.2) is 5.72 Å². The van der Waals surface area contributed by atoms with Crippen LogP contribution in [-0.2, 0) is 68.4 Å². The van der Waals surface area contributed by atoms with Crippen LogP contribution in [0.15, 0.2) is 48.1 Å². The average molecular weight is 1180 g/mol. The smallest absolute Gasteiger partial charge is 0.410 e. The van der Waals surface area contributed by atoms with Crippen molar-refractivity contribution in [2.75, 3.05) is 72.8 Å². The summed E-state index contributed by atoms with van der Waals surface area (Å²) in [6.07, 6.45) is 3.86. The number of methoxy groups -OCH3 is 2. The Morgan fingerprint density at radius 3 is 2.38 bits per heavy atom. The van der Waals surface area contributed by atoms with Crippen LogP contribution < -0.4 is 15.0 Å². The van der Waals surface area contributed by atoms with Crippen LogP contribution in [0, 0.1) is 5.92 Å². The van der Waals surface area contributed by atoms with Gasteiger partial charge in [-0.3, -0.25) is 29.3 Å². The number of nitrogens with zero attached hydrogens (tertiary/aromatic N) is 5. The maximum atomic E-state index is 14.4. The first-order valence-corrected chi connectivity index (χ1v) is 28.2. The van der Waals surface area contributed by atoms with Crippen molar-refractivity contribution in [2.24, 2.45) is 5.92 Å². The molecule has 81 heavy (non-hydrogen) atoms. The Balaban J connectivity index is 1.05. The van der Waals surface area contributed by atoms with Crippen LogP contribution in [0.2, 0.25) is 5.02 Å². The number of anilines is 1. The minimum Gasteiger partial charge on any atom is -0.495 e. The van der Waals surface area contributed by atoms with Crippen LogP contribution in [0.3, 0.4) is 0 Å². The van der Waals surface area contributed by atoms with Gasteiger partial charge in [-0.2, -0.15) is 0 Å². The van der Waals surface area contributed by atoms with Gasteiger partial charge in [-0.25, -0.2) is 19.2 Å². The van der Waals surface area contributed by atoms with Gasteiger partial charge in [0.2, 0.25) is 11.8 Å². The Kier molecular flexibility index (Phi) is 22.2. The second kappa shape index (κ2) is 28.2. The molecule has 0 spiro atoms. The molecule has 4 bridgehead atoms. The van der Waals surface area contributed by atoms with E-state index in [0.717, 1.165) is 35.7 Å². The molecule has 26 heteroatoms. The molecule has 0 aromatic heterocycles. The van der Waals surface area contributed by atoms with Gasteiger partial charge in [-0.05, 0) is 70.2 Å². The Hall–Kier alpha value is -6.25. The minimum absolute atomic E-state index is 0.0384. The molecule has 1 aromatic carbocycles. The summed E-state index contributed by atoms with van der Waals surface area (Å²) in [4.78, 5) is 128. The Morgan fingerprint density at radius 1 is 0.988 bits per heavy atom. The van der Waals surface area contributed by atoms with Crippen LogP contribution in [0.25, 0.3) is 0 Å². The first kappa shape index (κ1) is 63.9. The predicted molar refractivity (Wildman–Crippen MR) is 293 cm³/mol. The third-order valence-electron chi connectivity index (χ3n) is 15.1. The zero-order chi connectivity index (χ0) is 59.5. The average Bonchev–Trinajstić information content (AvgIpc) is 4.03. The van der Waals surface area contributed by atoms with Crippen molar-refractivity contribution in [3.8, 4) is 5.75 Å². The topological polar surface area (TPSA) is 279 Å². The van der Waals surface area contributed by atoms with Gasteiger partial charge in [-0.15, -0.1) is 5.06 Å². The zero-order valence-electron chi connectivity index (χ0n) is 47.5. The maximum Gasteiger partial charge on any atom is 0.410 e. The van der Waals surface area contributed by atoms with Crippen molar-refractivity contribution in [2.45, 2.75) is 146 Å². The summed E-state index contributed by atoms with van der Waals surface area (Å²) in [6.45, 7) is 6.35. The number of hydroxylamine groups is 2. The van der Waals surface area contributed by atoms with E-state index in [1.165, 1.54) is 68.9 Å². The maximum absolute atomic E-state index is 14.4. The number of ether oxygens (including phenoxy) is 7. The lowest BCUT2D eigenvalue weighted by atomic mass is 9.83. The number of benzene rings is 1. The number of hydrogen-bond donors (Lipinski definition) is 2. The third-order valence-corrected chi connectivity index (χ3v) is 16.5. The highest BCUT2D eigenvalue weighted by Crippen LogP contribution is 2.49. The lowest BCUT2D eigenvalue weighted by Gasteiger charge is -2.42. The van der Waals surface area contributed by atoms with Crippen LogP contribution >= 0.6 is 23.4 Å². The SMILES string of the molecule is COc1cc2cc(c1Cl)N(C)C(=O)C[C@H](OC(=O)[C@H](C)N(C)C(=O)CCSC(=O)N(C)CCN(C)C(=O)OC1/C=C/CCCCC1OCC(=O)ON1C(=O)CCC1=O)[C@]1(C)O[C@H]1[C@H](C)[C@@H]1C[C@@](O)(NC(=O)O1)[C@H](OC)/C=C/C=C(\C)C2. The number of esters is 1. The summed E-state index contributed by atoms with van der Waals surface area (Å²) in [6, 6.07) is 2.33. The molecule has 1 aromatic rings. The minimum atomic E-state index is -1.90. The molecular formula is C55H75ClN6O18S. The number of amides is 7. The molecule has 0 radical (unpaired) electrons. The summed E-state index contributed by atoms with van der Waals surface area (Å²) in [7, 11) is 8.84. The number of likely N-dealkylation sites (N-methyl/N-ethyl adjacent to an activating group) is 3. The molecule has 0 saturated carbocycles. The van der Waals surface area contributed by atoms with E-state index in [-0.39, 0.29) is 49.5 Å². The first-order valence-electron chi connectivity index (χ1n) is 26.8. The number of allylic oxidation sites excluding steroid dienone is 4. The van der Waals surface area contributed by atoms with Crippen molar-refractivity contribution in [1.82, 2.24) is 25.1 Å². The number of hydrogen-bond acceptors (Lipinski definition) is 19. The van der Waals surface area contributed by atoms with E-state index >= 15 is 0 Å². The first-order chi connectivity index (χ1) is 38.3. The number of rotatable bonds is 16. The van der Waals surface area contributed by atoms with Gasteiger partial charge >= 0.3 is 24.1 Å². The molecule has 6 rings (SSSR count). The molecule has 1 aliphatic carbocycles. The monoisotopic (exact) mass is 1170 g/mol. The van der Waals surface area contributed by atoms with Crippen LogP contribution in [0.5, 0.6) is 5.75 Å². The number of fused-ring (bicyclic) bond motifs is 5.